The first-order valence-electron chi connectivity index (χ1n) is 12.3. The van der Waals surface area contributed by atoms with Crippen molar-refractivity contribution in [2.24, 2.45) is 11.8 Å². The highest BCUT2D eigenvalue weighted by Gasteiger charge is 2.43. The van der Waals surface area contributed by atoms with E-state index in [9.17, 15) is 9.18 Å². The van der Waals surface area contributed by atoms with Crippen LogP contribution in [-0.2, 0) is 11.3 Å². The van der Waals surface area contributed by atoms with Gasteiger partial charge in [0.2, 0.25) is 5.91 Å². The van der Waals surface area contributed by atoms with E-state index in [1.807, 2.05) is 25.3 Å². The molecule has 5 atom stereocenters. The number of hydrogen-bond acceptors (Lipinski definition) is 5. The van der Waals surface area contributed by atoms with Gasteiger partial charge in [0.1, 0.15) is 5.82 Å². The number of piperidine rings is 1. The van der Waals surface area contributed by atoms with Crippen LogP contribution in [0.5, 0.6) is 0 Å². The molecule has 5 rings (SSSR count). The third-order valence-electron chi connectivity index (χ3n) is 7.61. The molecule has 0 bridgehead atoms. The standard InChI is InChI=1S/C26H34FN5O/c1-17-13-18(10-11-28-17)25-22-14-19(8-9-24(22)30-31-25)26(33)29-21-6-4-12-32(16-21)15-20-5-2-3-7-23(20)27/h2-3,5,7,10-11,13,19,21-22,24-25,30-31H,4,6,8-9,12,14-16H2,1H3,(H,29,33)/t19?,21-,22?,24?,25?/m1/s1. The predicted octanol–water partition coefficient (Wildman–Crippen LogP) is 3.24. The molecule has 3 N–H and O–H groups in total. The molecule has 1 saturated carbocycles. The van der Waals surface area contributed by atoms with Crippen LogP contribution in [0.4, 0.5) is 4.39 Å². The van der Waals surface area contributed by atoms with Gasteiger partial charge in [0.25, 0.3) is 0 Å². The number of aromatic nitrogens is 1. The van der Waals surface area contributed by atoms with E-state index in [0.717, 1.165) is 56.5 Å². The average Bonchev–Trinajstić information content (AvgIpc) is 3.24. The summed E-state index contributed by atoms with van der Waals surface area (Å²) < 4.78 is 14.1. The molecule has 1 aromatic heterocycles. The second-order valence-electron chi connectivity index (χ2n) is 9.95. The lowest BCUT2D eigenvalue weighted by Crippen LogP contribution is -2.50. The van der Waals surface area contributed by atoms with Gasteiger partial charge in [-0.25, -0.2) is 9.82 Å². The van der Waals surface area contributed by atoms with Crippen molar-refractivity contribution < 1.29 is 9.18 Å². The molecule has 176 valence electrons. The Morgan fingerprint density at radius 1 is 1.21 bits per heavy atom. The molecule has 2 saturated heterocycles. The number of fused-ring (bicyclic) bond motifs is 1. The van der Waals surface area contributed by atoms with E-state index in [-0.39, 0.29) is 29.7 Å². The highest BCUT2D eigenvalue weighted by molar-refractivity contribution is 5.79. The molecule has 0 radical (unpaired) electrons. The first-order valence-corrected chi connectivity index (χ1v) is 12.3. The zero-order valence-corrected chi connectivity index (χ0v) is 19.3. The molecule has 3 aliphatic rings. The first-order chi connectivity index (χ1) is 16.1. The fourth-order valence-corrected chi connectivity index (χ4v) is 5.89. The van der Waals surface area contributed by atoms with Crippen LogP contribution >= 0.6 is 0 Å². The number of aryl methyl sites for hydroxylation is 1. The van der Waals surface area contributed by atoms with Crippen molar-refractivity contribution in [1.82, 2.24) is 26.1 Å². The summed E-state index contributed by atoms with van der Waals surface area (Å²) in [6.07, 6.45) is 6.67. The second kappa shape index (κ2) is 9.87. The summed E-state index contributed by atoms with van der Waals surface area (Å²) in [5.41, 5.74) is 9.90. The molecule has 33 heavy (non-hydrogen) atoms. The zero-order valence-electron chi connectivity index (χ0n) is 19.3. The lowest BCUT2D eigenvalue weighted by atomic mass is 9.74. The zero-order chi connectivity index (χ0) is 22.8. The molecule has 2 aromatic rings. The Hall–Kier alpha value is -2.35. The fraction of sp³-hybridized carbons (Fsp3) is 0.538. The predicted molar refractivity (Wildman–Crippen MR) is 125 cm³/mol. The second-order valence-corrected chi connectivity index (χ2v) is 9.95. The molecule has 7 heteroatoms. The van der Waals surface area contributed by atoms with Gasteiger partial charge in [0.15, 0.2) is 0 Å². The summed E-state index contributed by atoms with van der Waals surface area (Å²) in [7, 11) is 0. The monoisotopic (exact) mass is 451 g/mol. The number of hydrazine groups is 1. The fourth-order valence-electron chi connectivity index (χ4n) is 5.89. The summed E-state index contributed by atoms with van der Waals surface area (Å²) >= 11 is 0. The van der Waals surface area contributed by atoms with Crippen LogP contribution in [-0.4, -0.2) is 41.0 Å². The first kappa shape index (κ1) is 22.4. The van der Waals surface area contributed by atoms with Gasteiger partial charge < -0.3 is 5.32 Å². The van der Waals surface area contributed by atoms with Crippen LogP contribution in [0.3, 0.4) is 0 Å². The number of benzene rings is 1. The molecule has 4 unspecified atom stereocenters. The number of carbonyl (C=O) groups is 1. The minimum atomic E-state index is -0.154. The number of rotatable bonds is 5. The number of pyridine rings is 1. The van der Waals surface area contributed by atoms with E-state index in [1.54, 1.807) is 6.07 Å². The van der Waals surface area contributed by atoms with Crippen LogP contribution in [0.1, 0.15) is 55.0 Å². The van der Waals surface area contributed by atoms with Crippen LogP contribution in [0.15, 0.2) is 42.6 Å². The maximum absolute atomic E-state index is 14.1. The maximum Gasteiger partial charge on any atom is 0.223 e. The van der Waals surface area contributed by atoms with Crippen molar-refractivity contribution in [2.45, 2.75) is 63.7 Å². The number of amides is 1. The summed E-state index contributed by atoms with van der Waals surface area (Å²) in [6, 6.07) is 11.9. The Balaban J connectivity index is 1.18. The quantitative estimate of drug-likeness (QED) is 0.651. The van der Waals surface area contributed by atoms with Crippen LogP contribution in [0.25, 0.3) is 0 Å². The summed E-state index contributed by atoms with van der Waals surface area (Å²) in [5, 5.41) is 3.34. The van der Waals surface area contributed by atoms with E-state index in [0.29, 0.717) is 18.5 Å². The maximum atomic E-state index is 14.1. The molecule has 6 nitrogen and oxygen atoms in total. The lowest BCUT2D eigenvalue weighted by Gasteiger charge is -2.36. The number of nitrogens with zero attached hydrogens (tertiary/aromatic N) is 2. The average molecular weight is 452 g/mol. The highest BCUT2D eigenvalue weighted by atomic mass is 19.1. The van der Waals surface area contributed by atoms with Crippen LogP contribution in [0.2, 0.25) is 0 Å². The van der Waals surface area contributed by atoms with Gasteiger partial charge in [-0.3, -0.25) is 20.1 Å². The number of likely N-dealkylation sites (tertiary alicyclic amines) is 1. The normalized spacial score (nSPS) is 30.1. The molecule has 3 fully saturated rings. The molecule has 2 aliphatic heterocycles. The van der Waals surface area contributed by atoms with Crippen molar-refractivity contribution in [1.29, 1.82) is 0 Å². The van der Waals surface area contributed by atoms with Gasteiger partial charge in [0.05, 0.1) is 6.04 Å². The van der Waals surface area contributed by atoms with E-state index in [1.165, 1.54) is 11.6 Å². The smallest absolute Gasteiger partial charge is 0.223 e. The molecule has 1 amide bonds. The molecule has 3 heterocycles. The number of nitrogens with one attached hydrogen (secondary N) is 3. The van der Waals surface area contributed by atoms with Crippen molar-refractivity contribution in [2.75, 3.05) is 13.1 Å². The Labute approximate surface area is 195 Å². The van der Waals surface area contributed by atoms with Crippen molar-refractivity contribution >= 4 is 5.91 Å². The minimum absolute atomic E-state index is 0.0420. The topological polar surface area (TPSA) is 69.3 Å². The van der Waals surface area contributed by atoms with Gasteiger partial charge >= 0.3 is 0 Å². The van der Waals surface area contributed by atoms with Crippen LogP contribution < -0.4 is 16.2 Å². The van der Waals surface area contributed by atoms with Gasteiger partial charge in [-0.1, -0.05) is 18.2 Å². The number of hydrogen-bond donors (Lipinski definition) is 3. The largest absolute Gasteiger partial charge is 0.352 e. The van der Waals surface area contributed by atoms with E-state index in [4.69, 9.17) is 0 Å². The Morgan fingerprint density at radius 2 is 2.09 bits per heavy atom. The molecule has 1 aromatic carbocycles. The van der Waals surface area contributed by atoms with E-state index < -0.39 is 0 Å². The summed E-state index contributed by atoms with van der Waals surface area (Å²) in [6.45, 7) is 4.33. The summed E-state index contributed by atoms with van der Waals surface area (Å²) in [5.74, 6) is 0.460. The van der Waals surface area contributed by atoms with E-state index >= 15 is 0 Å². The van der Waals surface area contributed by atoms with Gasteiger partial charge in [0, 0.05) is 48.5 Å². The molecule has 1 aliphatic carbocycles. The van der Waals surface area contributed by atoms with Crippen molar-refractivity contribution in [3.63, 3.8) is 0 Å². The van der Waals surface area contributed by atoms with Gasteiger partial charge in [-0.2, -0.15) is 0 Å². The molecular weight excluding hydrogens is 417 g/mol. The number of carbonyl (C=O) groups excluding carboxylic acids is 1. The lowest BCUT2D eigenvalue weighted by molar-refractivity contribution is -0.127. The third kappa shape index (κ3) is 5.10. The molecule has 0 spiro atoms. The third-order valence-corrected chi connectivity index (χ3v) is 7.61. The minimum Gasteiger partial charge on any atom is -0.352 e. The molecular formula is C26H34FN5O. The van der Waals surface area contributed by atoms with Gasteiger partial charge in [-0.15, -0.1) is 0 Å². The SMILES string of the molecule is Cc1cc(C2NNC3CCC(C(=O)N[C@@H]4CCCN(Cc5ccccc5F)C4)CC32)ccn1. The van der Waals surface area contributed by atoms with E-state index in [2.05, 4.69) is 38.2 Å². The van der Waals surface area contributed by atoms with Crippen molar-refractivity contribution in [3.05, 3.63) is 65.2 Å². The number of halogens is 1. The Bertz CT molecular complexity index is 985. The Morgan fingerprint density at radius 3 is 2.94 bits per heavy atom. The van der Waals surface area contributed by atoms with Gasteiger partial charge in [-0.05, 0) is 75.3 Å². The summed E-state index contributed by atoms with van der Waals surface area (Å²) in [4.78, 5) is 19.8. The Kier molecular flexibility index (Phi) is 6.71. The van der Waals surface area contributed by atoms with Crippen LogP contribution in [0, 0.1) is 24.6 Å². The van der Waals surface area contributed by atoms with Crippen molar-refractivity contribution in [3.8, 4) is 0 Å². The highest BCUT2D eigenvalue weighted by Crippen LogP contribution is 2.40.